The second-order valence-electron chi connectivity index (χ2n) is 8.25. The van der Waals surface area contributed by atoms with E-state index in [1.165, 1.54) is 0 Å². The summed E-state index contributed by atoms with van der Waals surface area (Å²) in [6, 6.07) is 15.3. The van der Waals surface area contributed by atoms with Crippen LogP contribution in [0.25, 0.3) is 0 Å². The highest BCUT2D eigenvalue weighted by Crippen LogP contribution is 2.29. The van der Waals surface area contributed by atoms with Crippen LogP contribution >= 0.6 is 0 Å². The normalized spacial score (nSPS) is 14.7. The molecule has 3 aromatic rings. The molecule has 0 aliphatic carbocycles. The van der Waals surface area contributed by atoms with E-state index in [9.17, 15) is 4.79 Å². The van der Waals surface area contributed by atoms with E-state index in [-0.39, 0.29) is 18.7 Å². The highest BCUT2D eigenvalue weighted by atomic mass is 16.6. The van der Waals surface area contributed by atoms with Crippen molar-refractivity contribution >= 4 is 6.09 Å². The van der Waals surface area contributed by atoms with Gasteiger partial charge in [0.15, 0.2) is 0 Å². The molecule has 0 radical (unpaired) electrons. The zero-order chi connectivity index (χ0) is 24.6. The van der Waals surface area contributed by atoms with Crippen LogP contribution in [0, 0.1) is 11.3 Å². The molecule has 35 heavy (non-hydrogen) atoms. The average Bonchev–Trinajstić information content (AvgIpc) is 3.45. The Hall–Kier alpha value is -4.03. The highest BCUT2D eigenvalue weighted by Gasteiger charge is 2.29. The van der Waals surface area contributed by atoms with E-state index in [1.54, 1.807) is 25.4 Å². The van der Waals surface area contributed by atoms with Crippen molar-refractivity contribution in [2.24, 2.45) is 0 Å². The van der Waals surface area contributed by atoms with Gasteiger partial charge in [-0.05, 0) is 36.2 Å². The maximum atomic E-state index is 12.8. The minimum Gasteiger partial charge on any atom is -0.496 e. The zero-order valence-electron chi connectivity index (χ0n) is 19.9. The molecule has 9 heteroatoms. The summed E-state index contributed by atoms with van der Waals surface area (Å²) in [5.74, 6) is 1.24. The first kappa shape index (κ1) is 24.1. The average molecular weight is 476 g/mol. The lowest BCUT2D eigenvalue weighted by Gasteiger charge is -2.38. The van der Waals surface area contributed by atoms with E-state index < -0.39 is 0 Å². The number of ether oxygens (including phenoxy) is 3. The molecule has 1 atom stereocenters. The van der Waals surface area contributed by atoms with Gasteiger partial charge in [-0.15, -0.1) is 0 Å². The van der Waals surface area contributed by atoms with E-state index in [2.05, 4.69) is 20.9 Å². The fourth-order valence-electron chi connectivity index (χ4n) is 4.33. The predicted molar refractivity (Wildman–Crippen MR) is 129 cm³/mol. The number of rotatable bonds is 8. The number of aromatic nitrogens is 2. The number of aromatic amines is 1. The van der Waals surface area contributed by atoms with Crippen LogP contribution in [0.15, 0.2) is 55.0 Å². The molecule has 1 aliphatic rings. The number of hydrogen-bond donors (Lipinski definition) is 1. The molecule has 1 aromatic heterocycles. The third kappa shape index (κ3) is 5.73. The first-order valence-corrected chi connectivity index (χ1v) is 11.5. The van der Waals surface area contributed by atoms with Gasteiger partial charge in [-0.3, -0.25) is 4.90 Å². The van der Waals surface area contributed by atoms with Crippen molar-refractivity contribution in [2.75, 3.05) is 40.4 Å². The van der Waals surface area contributed by atoms with Crippen molar-refractivity contribution in [1.29, 1.82) is 5.26 Å². The summed E-state index contributed by atoms with van der Waals surface area (Å²) >= 11 is 0. The van der Waals surface area contributed by atoms with Crippen molar-refractivity contribution in [2.45, 2.75) is 19.1 Å². The molecular weight excluding hydrogens is 446 g/mol. The fourth-order valence-corrected chi connectivity index (χ4v) is 4.33. The molecule has 2 aromatic carbocycles. The summed E-state index contributed by atoms with van der Waals surface area (Å²) < 4.78 is 16.4. The van der Waals surface area contributed by atoms with E-state index in [1.807, 2.05) is 48.7 Å². The number of carbonyl (C=O) groups is 1. The van der Waals surface area contributed by atoms with Crippen LogP contribution in [0.2, 0.25) is 0 Å². The molecule has 1 fully saturated rings. The lowest BCUT2D eigenvalue weighted by atomic mass is 10.0. The van der Waals surface area contributed by atoms with Gasteiger partial charge in [-0.1, -0.05) is 18.2 Å². The molecule has 0 bridgehead atoms. The highest BCUT2D eigenvalue weighted by molar-refractivity contribution is 5.68. The molecule has 182 valence electrons. The Bertz CT molecular complexity index is 1130. The van der Waals surface area contributed by atoms with Gasteiger partial charge in [0.05, 0.1) is 49.5 Å². The lowest BCUT2D eigenvalue weighted by molar-refractivity contribution is 0.0581. The van der Waals surface area contributed by atoms with Crippen LogP contribution in [0.3, 0.4) is 0 Å². The molecular formula is C26H29N5O4. The van der Waals surface area contributed by atoms with Gasteiger partial charge in [0, 0.05) is 32.4 Å². The quantitative estimate of drug-likeness (QED) is 0.531. The molecule has 1 N–H and O–H groups in total. The Kier molecular flexibility index (Phi) is 7.85. The summed E-state index contributed by atoms with van der Waals surface area (Å²) in [7, 11) is 3.15. The van der Waals surface area contributed by atoms with Gasteiger partial charge < -0.3 is 24.1 Å². The van der Waals surface area contributed by atoms with E-state index in [4.69, 9.17) is 19.5 Å². The zero-order valence-corrected chi connectivity index (χ0v) is 19.9. The number of nitrogens with one attached hydrogen (secondary N) is 1. The largest absolute Gasteiger partial charge is 0.496 e. The Balaban J connectivity index is 1.37. The SMILES string of the molecule is COc1cccc(OC)c1COC(=O)N1CCN(C(Cc2ccc(C#N)cc2)c2cnc[nH]2)CC1. The second-order valence-corrected chi connectivity index (χ2v) is 8.25. The fraction of sp³-hybridized carbons (Fsp3) is 0.346. The van der Waals surface area contributed by atoms with Crippen LogP contribution in [-0.4, -0.2) is 66.3 Å². The number of piperazine rings is 1. The number of nitriles is 1. The van der Waals surface area contributed by atoms with Gasteiger partial charge >= 0.3 is 6.09 Å². The Labute approximate surface area is 204 Å². The third-order valence-electron chi connectivity index (χ3n) is 6.27. The van der Waals surface area contributed by atoms with Crippen molar-refractivity contribution < 1.29 is 19.0 Å². The number of amides is 1. The topological polar surface area (TPSA) is 104 Å². The van der Waals surface area contributed by atoms with Crippen molar-refractivity contribution in [3.05, 3.63) is 77.4 Å². The Morgan fingerprint density at radius 3 is 2.34 bits per heavy atom. The monoisotopic (exact) mass is 475 g/mol. The Morgan fingerprint density at radius 2 is 1.77 bits per heavy atom. The molecule has 2 heterocycles. The number of hydrogen-bond acceptors (Lipinski definition) is 7. The number of nitrogens with zero attached hydrogens (tertiary/aromatic N) is 4. The van der Waals surface area contributed by atoms with Gasteiger partial charge in [0.2, 0.25) is 0 Å². The van der Waals surface area contributed by atoms with Gasteiger partial charge in [0.1, 0.15) is 18.1 Å². The van der Waals surface area contributed by atoms with Crippen LogP contribution < -0.4 is 9.47 Å². The molecule has 1 aliphatic heterocycles. The van der Waals surface area contributed by atoms with Crippen molar-refractivity contribution in [1.82, 2.24) is 19.8 Å². The van der Waals surface area contributed by atoms with E-state index in [0.717, 1.165) is 17.7 Å². The summed E-state index contributed by atoms with van der Waals surface area (Å²) in [6.45, 7) is 2.58. The third-order valence-corrected chi connectivity index (χ3v) is 6.27. The summed E-state index contributed by atoms with van der Waals surface area (Å²) in [6.07, 6.45) is 3.94. The van der Waals surface area contributed by atoms with Crippen molar-refractivity contribution in [3.63, 3.8) is 0 Å². The minimum absolute atomic E-state index is 0.0711. The van der Waals surface area contributed by atoms with Crippen LogP contribution in [-0.2, 0) is 17.8 Å². The van der Waals surface area contributed by atoms with Gasteiger partial charge in [0.25, 0.3) is 0 Å². The summed E-state index contributed by atoms with van der Waals surface area (Å²) in [4.78, 5) is 24.3. The van der Waals surface area contributed by atoms with Crippen molar-refractivity contribution in [3.8, 4) is 17.6 Å². The molecule has 4 rings (SSSR count). The number of carbonyl (C=O) groups excluding carboxylic acids is 1. The molecule has 1 saturated heterocycles. The first-order valence-electron chi connectivity index (χ1n) is 11.5. The number of benzene rings is 2. The van der Waals surface area contributed by atoms with Gasteiger partial charge in [-0.25, -0.2) is 9.78 Å². The standard InChI is InChI=1S/C26H29N5O4/c1-33-24-4-3-5-25(34-2)21(24)17-35-26(32)31-12-10-30(11-13-31)23(22-16-28-18-29-22)14-19-6-8-20(15-27)9-7-19/h3-9,16,18,23H,10-14,17H2,1-2H3,(H,28,29). The summed E-state index contributed by atoms with van der Waals surface area (Å²) in [5.41, 5.74) is 3.50. The molecule has 9 nitrogen and oxygen atoms in total. The number of methoxy groups -OCH3 is 2. The first-order chi connectivity index (χ1) is 17.1. The van der Waals surface area contributed by atoms with E-state index >= 15 is 0 Å². The maximum absolute atomic E-state index is 12.8. The van der Waals surface area contributed by atoms with Crippen LogP contribution in [0.1, 0.15) is 28.4 Å². The maximum Gasteiger partial charge on any atom is 0.410 e. The van der Waals surface area contributed by atoms with E-state index in [0.29, 0.717) is 48.8 Å². The minimum atomic E-state index is -0.359. The number of H-pyrrole nitrogens is 1. The molecule has 1 amide bonds. The smallest absolute Gasteiger partial charge is 0.410 e. The Morgan fingerprint density at radius 1 is 1.09 bits per heavy atom. The summed E-state index contributed by atoms with van der Waals surface area (Å²) in [5, 5.41) is 9.06. The molecule has 1 unspecified atom stereocenters. The molecule has 0 saturated carbocycles. The second kappa shape index (κ2) is 11.4. The lowest BCUT2D eigenvalue weighted by Crippen LogP contribution is -2.50. The van der Waals surface area contributed by atoms with Crippen LogP contribution in [0.4, 0.5) is 4.79 Å². The van der Waals surface area contributed by atoms with Gasteiger partial charge in [-0.2, -0.15) is 5.26 Å². The van der Waals surface area contributed by atoms with Crippen LogP contribution in [0.5, 0.6) is 11.5 Å². The predicted octanol–water partition coefficient (Wildman–Crippen LogP) is 3.54. The molecule has 0 spiro atoms. The number of imidazole rings is 1.